The maximum Gasteiger partial charge on any atom is 0.488 e. The van der Waals surface area contributed by atoms with Crippen LogP contribution >= 0.6 is 0 Å². The maximum atomic E-state index is 13.9. The zero-order chi connectivity index (χ0) is 26.6. The van der Waals surface area contributed by atoms with Crippen molar-refractivity contribution in [3.05, 3.63) is 75.9 Å². The van der Waals surface area contributed by atoms with Crippen molar-refractivity contribution in [1.29, 1.82) is 5.26 Å². The summed E-state index contributed by atoms with van der Waals surface area (Å²) in [5.74, 6) is -0.139. The summed E-state index contributed by atoms with van der Waals surface area (Å²) in [7, 11) is -5.17. The van der Waals surface area contributed by atoms with Gasteiger partial charge in [-0.25, -0.2) is 0 Å². The predicted molar refractivity (Wildman–Crippen MR) is 144 cm³/mol. The van der Waals surface area contributed by atoms with Gasteiger partial charge in [-0.1, -0.05) is 22.1 Å². The van der Waals surface area contributed by atoms with Gasteiger partial charge in [-0.2, -0.15) is 13.7 Å². The molecule has 38 heavy (non-hydrogen) atoms. The molecule has 1 fully saturated rings. The summed E-state index contributed by atoms with van der Waals surface area (Å²) in [5.41, 5.74) is 4.77. The molecule has 1 aliphatic heterocycles. The zero-order valence-corrected chi connectivity index (χ0v) is 21.2. The predicted octanol–water partition coefficient (Wildman–Crippen LogP) is 5.00. The van der Waals surface area contributed by atoms with Crippen LogP contribution in [0.25, 0.3) is 44.0 Å². The van der Waals surface area contributed by atoms with Crippen molar-refractivity contribution >= 4 is 43.3 Å². The molecule has 0 atom stereocenters. The van der Waals surface area contributed by atoms with E-state index in [-0.39, 0.29) is 17.2 Å². The molecule has 192 valence electrons. The lowest BCUT2D eigenvalue weighted by atomic mass is 9.96. The lowest BCUT2D eigenvalue weighted by molar-refractivity contribution is 0.381. The van der Waals surface area contributed by atoms with Crippen molar-refractivity contribution in [3.8, 4) is 22.9 Å². The Kier molecular flexibility index (Phi) is 5.70. The number of H-pyrrole nitrogens is 1. The molecule has 0 unspecified atom stereocenters. The average Bonchev–Trinajstić information content (AvgIpc) is 3.27. The quantitative estimate of drug-likeness (QED) is 0.316. The van der Waals surface area contributed by atoms with Crippen LogP contribution in [0.1, 0.15) is 30.0 Å². The molecule has 3 heterocycles. The van der Waals surface area contributed by atoms with Gasteiger partial charge in [0.25, 0.3) is 0 Å². The highest BCUT2D eigenvalue weighted by Crippen LogP contribution is 2.36. The first-order valence-electron chi connectivity index (χ1n) is 12.2. The minimum Gasteiger partial charge on any atom is -0.358 e. The largest absolute Gasteiger partial charge is 0.488 e. The van der Waals surface area contributed by atoms with Crippen LogP contribution in [0.3, 0.4) is 0 Å². The van der Waals surface area contributed by atoms with Crippen molar-refractivity contribution in [2.24, 2.45) is 0 Å². The number of aryl methyl sites for hydroxylation is 1. The third-order valence-electron chi connectivity index (χ3n) is 7.24. The number of benzene rings is 3. The number of hydrogen-bond acceptors (Lipinski definition) is 6. The van der Waals surface area contributed by atoms with Gasteiger partial charge in [0.05, 0.1) is 22.5 Å². The maximum absolute atomic E-state index is 13.9. The number of aromatic amines is 1. The first-order chi connectivity index (χ1) is 18.2. The van der Waals surface area contributed by atoms with Gasteiger partial charge in [-0.05, 0) is 85.9 Å². The number of fused-ring (bicyclic) bond motifs is 4. The summed E-state index contributed by atoms with van der Waals surface area (Å²) in [6.45, 7) is 3.56. The first-order valence-corrected chi connectivity index (χ1v) is 13.5. The number of aromatic nitrogens is 2. The second kappa shape index (κ2) is 8.97. The Morgan fingerprint density at radius 1 is 1.08 bits per heavy atom. The number of piperidine rings is 1. The normalized spacial score (nSPS) is 14.8. The van der Waals surface area contributed by atoms with Crippen LogP contribution in [0, 0.1) is 18.3 Å². The molecule has 2 N–H and O–H groups in total. The van der Waals surface area contributed by atoms with E-state index in [2.05, 4.69) is 25.1 Å². The number of nitrogens with zero attached hydrogens (tertiary/aromatic N) is 2. The summed E-state index contributed by atoms with van der Waals surface area (Å²) in [6.07, 6.45) is 1.74. The number of nitrogens with one attached hydrogen (secondary N) is 2. The molecule has 6 rings (SSSR count). The highest BCUT2D eigenvalue weighted by atomic mass is 32.3. The molecule has 10 heteroatoms. The topological polar surface area (TPSA) is 117 Å². The van der Waals surface area contributed by atoms with E-state index >= 15 is 0 Å². The second-order valence-corrected chi connectivity index (χ2v) is 10.5. The van der Waals surface area contributed by atoms with E-state index in [1.165, 1.54) is 12.1 Å². The highest BCUT2D eigenvalue weighted by Gasteiger charge is 2.24. The van der Waals surface area contributed by atoms with E-state index in [1.807, 2.05) is 25.1 Å². The van der Waals surface area contributed by atoms with Crippen molar-refractivity contribution < 1.29 is 16.5 Å². The fourth-order valence-corrected chi connectivity index (χ4v) is 5.92. The first kappa shape index (κ1) is 24.2. The summed E-state index contributed by atoms with van der Waals surface area (Å²) >= 11 is 0. The van der Waals surface area contributed by atoms with E-state index in [1.54, 1.807) is 24.3 Å². The molecule has 5 aromatic rings. The molecule has 2 aromatic heterocycles. The summed E-state index contributed by atoms with van der Waals surface area (Å²) in [6, 6.07) is 17.6. The lowest BCUT2D eigenvalue weighted by Gasteiger charge is -2.28. The van der Waals surface area contributed by atoms with Crippen LogP contribution in [0.15, 0.2) is 59.4 Å². The Bertz CT molecular complexity index is 1970. The van der Waals surface area contributed by atoms with Gasteiger partial charge in [0, 0.05) is 22.3 Å². The number of nitriles is 1. The molecular weight excluding hydrogens is 507 g/mol. The Hall–Kier alpha value is -4.20. The number of rotatable bonds is 4. The summed E-state index contributed by atoms with van der Waals surface area (Å²) in [5, 5.41) is 14.7. The van der Waals surface area contributed by atoms with Gasteiger partial charge in [0.1, 0.15) is 11.4 Å². The Morgan fingerprint density at radius 3 is 2.61 bits per heavy atom. The third kappa shape index (κ3) is 4.10. The molecular formula is C28H23FN4O4S. The Morgan fingerprint density at radius 2 is 1.87 bits per heavy atom. The van der Waals surface area contributed by atoms with Crippen molar-refractivity contribution in [2.75, 3.05) is 13.1 Å². The monoisotopic (exact) mass is 530 g/mol. The molecule has 1 saturated heterocycles. The number of halogens is 1. The van der Waals surface area contributed by atoms with Crippen LogP contribution in [-0.4, -0.2) is 31.1 Å². The summed E-state index contributed by atoms with van der Waals surface area (Å²) < 4.78 is 41.9. The van der Waals surface area contributed by atoms with Crippen LogP contribution < -0.4 is 14.9 Å². The SMILES string of the molecule is Cc1cc2c(=O)c3c4ccc(C#N)cc4[nH]c3n(C3CCNCC3)c2cc1-c1cccc(OS(=O)(=O)F)c1. The lowest BCUT2D eigenvalue weighted by Crippen LogP contribution is -2.30. The Labute approximate surface area is 217 Å². The summed E-state index contributed by atoms with van der Waals surface area (Å²) in [4.78, 5) is 17.3. The van der Waals surface area contributed by atoms with Crippen molar-refractivity contribution in [2.45, 2.75) is 25.8 Å². The van der Waals surface area contributed by atoms with E-state index in [4.69, 9.17) is 0 Å². The Balaban J connectivity index is 1.67. The third-order valence-corrected chi connectivity index (χ3v) is 7.63. The van der Waals surface area contributed by atoms with Crippen LogP contribution in [0.2, 0.25) is 0 Å². The van der Waals surface area contributed by atoms with Gasteiger partial charge in [-0.3, -0.25) is 4.79 Å². The highest BCUT2D eigenvalue weighted by molar-refractivity contribution is 7.81. The molecule has 1 aliphatic rings. The van der Waals surface area contributed by atoms with Gasteiger partial charge < -0.3 is 19.1 Å². The molecule has 3 aromatic carbocycles. The van der Waals surface area contributed by atoms with Gasteiger partial charge in [-0.15, -0.1) is 0 Å². The molecule has 0 amide bonds. The fraction of sp³-hybridized carbons (Fsp3) is 0.214. The van der Waals surface area contributed by atoms with E-state index in [0.717, 1.165) is 53.5 Å². The standard InChI is InChI=1S/C28H23FN4O4S/c1-16-11-23-25(14-22(16)18-3-2-4-20(13-18)37-38(29,35)36)33(19-7-9-31-10-8-19)28-26(27(23)34)21-6-5-17(15-30)12-24(21)32-28/h2-6,11-14,19,31-32H,7-10H2,1H3. The van der Waals surface area contributed by atoms with Crippen LogP contribution in [-0.2, 0) is 10.5 Å². The average molecular weight is 531 g/mol. The molecule has 0 bridgehead atoms. The minimum atomic E-state index is -5.17. The van der Waals surface area contributed by atoms with Crippen molar-refractivity contribution in [3.63, 3.8) is 0 Å². The minimum absolute atomic E-state index is 0.105. The number of hydrogen-bond donors (Lipinski definition) is 2. The molecule has 0 spiro atoms. The van der Waals surface area contributed by atoms with Gasteiger partial charge in [0.2, 0.25) is 0 Å². The smallest absolute Gasteiger partial charge is 0.358 e. The van der Waals surface area contributed by atoms with E-state index in [0.29, 0.717) is 27.5 Å². The second-order valence-electron chi connectivity index (χ2n) is 9.59. The molecule has 0 saturated carbocycles. The molecule has 8 nitrogen and oxygen atoms in total. The van der Waals surface area contributed by atoms with Crippen LogP contribution in [0.5, 0.6) is 5.75 Å². The van der Waals surface area contributed by atoms with E-state index in [9.17, 15) is 22.4 Å². The molecule has 0 aliphatic carbocycles. The zero-order valence-electron chi connectivity index (χ0n) is 20.4. The number of pyridine rings is 1. The van der Waals surface area contributed by atoms with Crippen molar-refractivity contribution in [1.82, 2.24) is 14.9 Å². The van der Waals surface area contributed by atoms with Gasteiger partial charge >= 0.3 is 10.5 Å². The van der Waals surface area contributed by atoms with Crippen LogP contribution in [0.4, 0.5) is 3.89 Å². The van der Waals surface area contributed by atoms with E-state index < -0.39 is 10.5 Å². The molecule has 0 radical (unpaired) electrons. The van der Waals surface area contributed by atoms with Gasteiger partial charge in [0.15, 0.2) is 5.43 Å². The fourth-order valence-electron chi connectivity index (χ4n) is 5.58.